The highest BCUT2D eigenvalue weighted by Gasteiger charge is 2.20. The molecule has 33 heavy (non-hydrogen) atoms. The molecular formula is C26H32N4O3. The Morgan fingerprint density at radius 3 is 2.48 bits per heavy atom. The van der Waals surface area contributed by atoms with E-state index in [1.54, 1.807) is 26.5 Å². The van der Waals surface area contributed by atoms with Crippen molar-refractivity contribution in [2.75, 3.05) is 27.3 Å². The van der Waals surface area contributed by atoms with Crippen LogP contribution in [0.5, 0.6) is 11.5 Å². The third kappa shape index (κ3) is 6.74. The molecule has 1 unspecified atom stereocenters. The Kier molecular flexibility index (Phi) is 8.73. The average Bonchev–Trinajstić information content (AvgIpc) is 2.85. The van der Waals surface area contributed by atoms with Crippen molar-refractivity contribution in [3.05, 3.63) is 71.4 Å². The van der Waals surface area contributed by atoms with Gasteiger partial charge in [-0.05, 0) is 43.0 Å². The van der Waals surface area contributed by atoms with Crippen molar-refractivity contribution in [3.63, 3.8) is 0 Å². The van der Waals surface area contributed by atoms with Crippen LogP contribution in [0.25, 0.3) is 0 Å². The van der Waals surface area contributed by atoms with Gasteiger partial charge in [0.2, 0.25) is 0 Å². The van der Waals surface area contributed by atoms with Gasteiger partial charge >= 0.3 is 0 Å². The average molecular weight is 449 g/mol. The molecule has 0 radical (unpaired) electrons. The standard InChI is InChI=1S/C26H32N4O3/c1-19(21-9-10-24(32-2)25(15-21)33-3)29-26(31)22(16-27)17-28-23-11-13-30(14-12-23)18-20-7-5-4-6-8-20/h4-10,15,17,19,23,28H,11-14,18H2,1-3H3,(H,29,31)/b22-17-. The number of carbonyl (C=O) groups is 1. The first kappa shape index (κ1) is 24.1. The molecule has 0 spiro atoms. The second-order valence-electron chi connectivity index (χ2n) is 8.18. The van der Waals surface area contributed by atoms with Crippen molar-refractivity contribution in [3.8, 4) is 17.6 Å². The number of nitrogens with zero attached hydrogens (tertiary/aromatic N) is 2. The van der Waals surface area contributed by atoms with E-state index in [0.29, 0.717) is 11.5 Å². The maximum Gasteiger partial charge on any atom is 0.263 e. The summed E-state index contributed by atoms with van der Waals surface area (Å²) < 4.78 is 10.6. The molecule has 3 rings (SSSR count). The number of ether oxygens (including phenoxy) is 2. The first-order chi connectivity index (χ1) is 16.0. The molecule has 0 aromatic heterocycles. The van der Waals surface area contributed by atoms with Gasteiger partial charge in [-0.15, -0.1) is 0 Å². The second-order valence-corrected chi connectivity index (χ2v) is 8.18. The van der Waals surface area contributed by atoms with E-state index in [0.717, 1.165) is 38.0 Å². The van der Waals surface area contributed by atoms with E-state index in [9.17, 15) is 10.1 Å². The van der Waals surface area contributed by atoms with Crippen LogP contribution in [0.2, 0.25) is 0 Å². The predicted molar refractivity (Wildman–Crippen MR) is 128 cm³/mol. The van der Waals surface area contributed by atoms with Crippen LogP contribution >= 0.6 is 0 Å². The predicted octanol–water partition coefficient (Wildman–Crippen LogP) is 3.54. The maximum atomic E-state index is 12.7. The van der Waals surface area contributed by atoms with Crippen molar-refractivity contribution < 1.29 is 14.3 Å². The number of methoxy groups -OCH3 is 2. The summed E-state index contributed by atoms with van der Waals surface area (Å²) >= 11 is 0. The maximum absolute atomic E-state index is 12.7. The molecule has 7 heteroatoms. The number of amides is 1. The van der Waals surface area contributed by atoms with Crippen LogP contribution in [0.3, 0.4) is 0 Å². The summed E-state index contributed by atoms with van der Waals surface area (Å²) in [6.07, 6.45) is 3.48. The van der Waals surface area contributed by atoms with Gasteiger partial charge in [0.05, 0.1) is 20.3 Å². The number of carbonyl (C=O) groups excluding carboxylic acids is 1. The molecule has 1 aliphatic heterocycles. The first-order valence-electron chi connectivity index (χ1n) is 11.2. The Bertz CT molecular complexity index is 992. The summed E-state index contributed by atoms with van der Waals surface area (Å²) in [5.41, 5.74) is 2.24. The fraction of sp³-hybridized carbons (Fsp3) is 0.385. The number of piperidine rings is 1. The number of nitriles is 1. The van der Waals surface area contributed by atoms with Crippen molar-refractivity contribution in [1.29, 1.82) is 5.26 Å². The summed E-state index contributed by atoms with van der Waals surface area (Å²) in [6.45, 7) is 4.77. The second kappa shape index (κ2) is 11.9. The van der Waals surface area contributed by atoms with Gasteiger partial charge in [0.1, 0.15) is 11.6 Å². The molecule has 0 saturated carbocycles. The fourth-order valence-electron chi connectivity index (χ4n) is 3.93. The quantitative estimate of drug-likeness (QED) is 0.451. The largest absolute Gasteiger partial charge is 0.493 e. The van der Waals surface area contributed by atoms with Crippen LogP contribution < -0.4 is 20.1 Å². The van der Waals surface area contributed by atoms with Gasteiger partial charge in [0, 0.05) is 31.9 Å². The zero-order chi connectivity index (χ0) is 23.6. The molecule has 174 valence electrons. The van der Waals surface area contributed by atoms with Crippen LogP contribution in [0.1, 0.15) is 36.9 Å². The Labute approximate surface area is 196 Å². The molecule has 2 N–H and O–H groups in total. The lowest BCUT2D eigenvalue weighted by Crippen LogP contribution is -2.40. The Hall–Kier alpha value is -3.50. The third-order valence-electron chi connectivity index (χ3n) is 5.92. The monoisotopic (exact) mass is 448 g/mol. The highest BCUT2D eigenvalue weighted by Crippen LogP contribution is 2.30. The van der Waals surface area contributed by atoms with E-state index < -0.39 is 5.91 Å². The molecule has 0 aliphatic carbocycles. The van der Waals surface area contributed by atoms with Crippen molar-refractivity contribution >= 4 is 5.91 Å². The number of likely N-dealkylation sites (tertiary alicyclic amines) is 1. The number of rotatable bonds is 9. The summed E-state index contributed by atoms with van der Waals surface area (Å²) in [7, 11) is 3.14. The van der Waals surface area contributed by atoms with Gasteiger partial charge in [0.15, 0.2) is 11.5 Å². The summed E-state index contributed by atoms with van der Waals surface area (Å²) in [5, 5.41) is 15.7. The lowest BCUT2D eigenvalue weighted by molar-refractivity contribution is -0.117. The zero-order valence-corrected chi connectivity index (χ0v) is 19.5. The molecule has 1 heterocycles. The number of hydrogen-bond acceptors (Lipinski definition) is 6. The molecule has 1 amide bonds. The minimum Gasteiger partial charge on any atom is -0.493 e. The van der Waals surface area contributed by atoms with Crippen LogP contribution in [-0.4, -0.2) is 44.2 Å². The first-order valence-corrected chi connectivity index (χ1v) is 11.2. The number of benzene rings is 2. The van der Waals surface area contributed by atoms with E-state index in [-0.39, 0.29) is 17.7 Å². The van der Waals surface area contributed by atoms with Gasteiger partial charge in [-0.1, -0.05) is 36.4 Å². The number of nitrogens with one attached hydrogen (secondary N) is 2. The number of hydrogen-bond donors (Lipinski definition) is 2. The molecule has 1 saturated heterocycles. The topological polar surface area (TPSA) is 86.6 Å². The van der Waals surface area contributed by atoms with E-state index in [2.05, 4.69) is 39.8 Å². The van der Waals surface area contributed by atoms with Crippen molar-refractivity contribution in [2.45, 2.75) is 38.4 Å². The van der Waals surface area contributed by atoms with Crippen LogP contribution in [-0.2, 0) is 11.3 Å². The smallest absolute Gasteiger partial charge is 0.263 e. The molecule has 0 bridgehead atoms. The Morgan fingerprint density at radius 2 is 1.85 bits per heavy atom. The van der Waals surface area contributed by atoms with Crippen molar-refractivity contribution in [1.82, 2.24) is 15.5 Å². The highest BCUT2D eigenvalue weighted by atomic mass is 16.5. The minimum absolute atomic E-state index is 0.0639. The van der Waals surface area contributed by atoms with Crippen molar-refractivity contribution in [2.24, 2.45) is 0 Å². The van der Waals surface area contributed by atoms with Gasteiger partial charge in [-0.2, -0.15) is 5.26 Å². The lowest BCUT2D eigenvalue weighted by Gasteiger charge is -2.32. The molecule has 7 nitrogen and oxygen atoms in total. The molecule has 1 aliphatic rings. The van der Waals surface area contributed by atoms with E-state index in [4.69, 9.17) is 9.47 Å². The third-order valence-corrected chi connectivity index (χ3v) is 5.92. The lowest BCUT2D eigenvalue weighted by atomic mass is 10.0. The van der Waals surface area contributed by atoms with E-state index in [1.807, 2.05) is 31.2 Å². The van der Waals surface area contributed by atoms with Gasteiger partial charge in [-0.3, -0.25) is 9.69 Å². The molecule has 1 fully saturated rings. The van der Waals surface area contributed by atoms with Gasteiger partial charge in [-0.25, -0.2) is 0 Å². The molecular weight excluding hydrogens is 416 g/mol. The SMILES string of the molecule is COc1ccc(C(C)NC(=O)/C(C#N)=C\NC2CCN(Cc3ccccc3)CC2)cc1OC. The Balaban J connectivity index is 1.51. The van der Waals surface area contributed by atoms with Crippen LogP contribution in [0.15, 0.2) is 60.3 Å². The van der Waals surface area contributed by atoms with Crippen LogP contribution in [0, 0.1) is 11.3 Å². The Morgan fingerprint density at radius 1 is 1.15 bits per heavy atom. The highest BCUT2D eigenvalue weighted by molar-refractivity contribution is 5.97. The van der Waals surface area contributed by atoms with Gasteiger partial charge in [0.25, 0.3) is 5.91 Å². The van der Waals surface area contributed by atoms with Crippen LogP contribution in [0.4, 0.5) is 0 Å². The molecule has 2 aromatic carbocycles. The zero-order valence-electron chi connectivity index (χ0n) is 19.5. The summed E-state index contributed by atoms with van der Waals surface area (Å²) in [5.74, 6) is 0.803. The van der Waals surface area contributed by atoms with E-state index >= 15 is 0 Å². The summed E-state index contributed by atoms with van der Waals surface area (Å²) in [6, 6.07) is 17.9. The fourth-order valence-corrected chi connectivity index (χ4v) is 3.93. The summed E-state index contributed by atoms with van der Waals surface area (Å²) in [4.78, 5) is 15.1. The minimum atomic E-state index is -0.409. The molecule has 1 atom stereocenters. The normalized spacial score (nSPS) is 15.9. The van der Waals surface area contributed by atoms with E-state index in [1.165, 1.54) is 5.56 Å². The van der Waals surface area contributed by atoms with Gasteiger partial charge < -0.3 is 20.1 Å². The molecule has 2 aromatic rings.